The van der Waals surface area contributed by atoms with E-state index in [1.165, 1.54) is 33.4 Å². The van der Waals surface area contributed by atoms with E-state index in [9.17, 15) is 0 Å². The Morgan fingerprint density at radius 3 is 1.85 bits per heavy atom. The van der Waals surface area contributed by atoms with Crippen molar-refractivity contribution in [3.8, 4) is 11.1 Å². The first-order chi connectivity index (χ1) is 12.0. The van der Waals surface area contributed by atoms with E-state index in [0.29, 0.717) is 5.92 Å². The van der Waals surface area contributed by atoms with Crippen molar-refractivity contribution in [3.05, 3.63) is 64.2 Å². The molecule has 2 aromatic carbocycles. The fourth-order valence-electron chi connectivity index (χ4n) is 3.67. The summed E-state index contributed by atoms with van der Waals surface area (Å²) in [6.07, 6.45) is 3.54. The smallest absolute Gasteiger partial charge is 0 e. The van der Waals surface area contributed by atoms with Crippen molar-refractivity contribution in [1.29, 1.82) is 0 Å². The Hall–Kier alpha value is -1.22. The largest absolute Gasteiger partial charge is 0.0626 e. The second-order valence-electron chi connectivity index (χ2n) is 10.2. The number of benzene rings is 2. The summed E-state index contributed by atoms with van der Waals surface area (Å²) < 4.78 is 0. The van der Waals surface area contributed by atoms with Gasteiger partial charge >= 0.3 is 0 Å². The third kappa shape index (κ3) is 4.61. The Morgan fingerprint density at radius 1 is 0.815 bits per heavy atom. The molecule has 0 amide bonds. The number of hydrogen-bond acceptors (Lipinski definition) is 0. The average Bonchev–Trinajstić information content (AvgIpc) is 2.97. The van der Waals surface area contributed by atoms with E-state index >= 15 is 0 Å². The van der Waals surface area contributed by atoms with Crippen LogP contribution in [0.3, 0.4) is 0 Å². The van der Waals surface area contributed by atoms with Gasteiger partial charge in [0, 0.05) is 18.9 Å². The second-order valence-corrected chi connectivity index (χ2v) is 10.2. The summed E-state index contributed by atoms with van der Waals surface area (Å²) in [6, 6.07) is 14.0. The molecule has 0 heterocycles. The van der Waals surface area contributed by atoms with Crippen molar-refractivity contribution < 1.29 is 0 Å². The van der Waals surface area contributed by atoms with Crippen LogP contribution in [-0.4, -0.2) is 18.9 Å². The molecule has 3 rings (SSSR count). The molecule has 1 aliphatic rings. The van der Waals surface area contributed by atoms with E-state index in [1.807, 2.05) is 0 Å². The van der Waals surface area contributed by atoms with Crippen molar-refractivity contribution in [2.24, 2.45) is 5.92 Å². The Balaban J connectivity index is 0.00000261. The summed E-state index contributed by atoms with van der Waals surface area (Å²) in [7, 11) is 0. The SMILES string of the molecule is CC(C)C1=Cc2c(cccc2-c2cc(C(C)(C)C)cc(C(C)(C)C)c2)C1.[Li]. The third-order valence-electron chi connectivity index (χ3n) is 5.64. The molecule has 0 fully saturated rings. The molecule has 0 nitrogen and oxygen atoms in total. The first kappa shape index (κ1) is 22.1. The molecule has 0 atom stereocenters. The Bertz CT molecular complexity index is 823. The van der Waals surface area contributed by atoms with E-state index in [-0.39, 0.29) is 29.7 Å². The minimum absolute atomic E-state index is 0. The van der Waals surface area contributed by atoms with Crippen molar-refractivity contribution in [1.82, 2.24) is 0 Å². The minimum Gasteiger partial charge on any atom is -0.0626 e. The predicted octanol–water partition coefficient (Wildman–Crippen LogP) is 7.16. The molecule has 1 aliphatic carbocycles. The van der Waals surface area contributed by atoms with Crippen LogP contribution in [0.1, 0.15) is 77.6 Å². The van der Waals surface area contributed by atoms with E-state index in [1.54, 1.807) is 5.57 Å². The maximum Gasteiger partial charge on any atom is 0 e. The molecule has 139 valence electrons. The summed E-state index contributed by atoms with van der Waals surface area (Å²) in [6.45, 7) is 18.5. The molecule has 1 radical (unpaired) electrons. The molecule has 0 unspecified atom stereocenters. The van der Waals surface area contributed by atoms with Gasteiger partial charge in [0.05, 0.1) is 0 Å². The zero-order valence-corrected chi connectivity index (χ0v) is 18.8. The molecule has 27 heavy (non-hydrogen) atoms. The monoisotopic (exact) mass is 353 g/mol. The van der Waals surface area contributed by atoms with Crippen molar-refractivity contribution in [3.63, 3.8) is 0 Å². The van der Waals surface area contributed by atoms with Gasteiger partial charge in [-0.2, -0.15) is 0 Å². The fraction of sp³-hybridized carbons (Fsp3) is 0.462. The normalized spacial score (nSPS) is 14.0. The quantitative estimate of drug-likeness (QED) is 0.502. The molecule has 1 heteroatoms. The maximum absolute atomic E-state index is 2.44. The molecule has 0 spiro atoms. The summed E-state index contributed by atoms with van der Waals surface area (Å²) in [5.74, 6) is 0.612. The van der Waals surface area contributed by atoms with E-state index in [2.05, 4.69) is 97.9 Å². The van der Waals surface area contributed by atoms with Crippen LogP contribution in [0.15, 0.2) is 42.0 Å². The van der Waals surface area contributed by atoms with E-state index in [4.69, 9.17) is 0 Å². The molecule has 0 saturated carbocycles. The standard InChI is InChI=1S/C26H34.Li/c1-17(2)19-12-18-10-9-11-23(24(18)15-19)20-13-21(25(3,4)5)16-22(14-20)26(6,7)8;/h9-11,13-17H,12H2,1-8H3;. The fourth-order valence-corrected chi connectivity index (χ4v) is 3.67. The van der Waals surface area contributed by atoms with E-state index < -0.39 is 0 Å². The third-order valence-corrected chi connectivity index (χ3v) is 5.64. The van der Waals surface area contributed by atoms with Gasteiger partial charge in [0.15, 0.2) is 0 Å². The van der Waals surface area contributed by atoms with Gasteiger partial charge < -0.3 is 0 Å². The topological polar surface area (TPSA) is 0 Å². The Labute approximate surface area is 178 Å². The molecule has 0 aromatic heterocycles. The molecule has 0 bridgehead atoms. The molecular weight excluding hydrogens is 319 g/mol. The van der Waals surface area contributed by atoms with Gasteiger partial charge in [-0.3, -0.25) is 0 Å². The maximum atomic E-state index is 2.44. The number of rotatable bonds is 2. The van der Waals surface area contributed by atoms with Crippen molar-refractivity contribution in [2.75, 3.05) is 0 Å². The van der Waals surface area contributed by atoms with Crippen LogP contribution in [0.2, 0.25) is 0 Å². The van der Waals surface area contributed by atoms with Gasteiger partial charge in [-0.1, -0.05) is 103 Å². The zero-order valence-electron chi connectivity index (χ0n) is 18.8. The summed E-state index contributed by atoms with van der Waals surface area (Å²) in [5, 5.41) is 0. The number of fused-ring (bicyclic) bond motifs is 1. The number of hydrogen-bond donors (Lipinski definition) is 0. The molecular formula is C26H34Li. The Kier molecular flexibility index (Phi) is 6.26. The molecule has 2 aromatic rings. The van der Waals surface area contributed by atoms with Crippen molar-refractivity contribution in [2.45, 2.75) is 72.6 Å². The van der Waals surface area contributed by atoms with Gasteiger partial charge in [0.2, 0.25) is 0 Å². The Morgan fingerprint density at radius 2 is 1.37 bits per heavy atom. The van der Waals surface area contributed by atoms with Crippen LogP contribution in [0.25, 0.3) is 17.2 Å². The summed E-state index contributed by atoms with van der Waals surface area (Å²) in [4.78, 5) is 0. The van der Waals surface area contributed by atoms with Crippen LogP contribution in [0.5, 0.6) is 0 Å². The van der Waals surface area contributed by atoms with E-state index in [0.717, 1.165) is 6.42 Å². The predicted molar refractivity (Wildman–Crippen MR) is 122 cm³/mol. The molecule has 0 aliphatic heterocycles. The second kappa shape index (κ2) is 7.66. The zero-order chi connectivity index (χ0) is 19.3. The van der Waals surface area contributed by atoms with Crippen LogP contribution < -0.4 is 0 Å². The first-order valence-electron chi connectivity index (χ1n) is 9.95. The van der Waals surface area contributed by atoms with Gasteiger partial charge in [-0.15, -0.1) is 0 Å². The summed E-state index contributed by atoms with van der Waals surface area (Å²) >= 11 is 0. The van der Waals surface area contributed by atoms with Crippen LogP contribution in [-0.2, 0) is 17.3 Å². The number of allylic oxidation sites excluding steroid dienone is 1. The summed E-state index contributed by atoms with van der Waals surface area (Å²) in [5.41, 5.74) is 10.3. The minimum atomic E-state index is 0. The molecule has 0 N–H and O–H groups in total. The first-order valence-corrected chi connectivity index (χ1v) is 9.95. The van der Waals surface area contributed by atoms with Gasteiger partial charge in [-0.05, 0) is 56.5 Å². The molecule has 0 saturated heterocycles. The van der Waals surface area contributed by atoms with Crippen molar-refractivity contribution >= 4 is 24.9 Å². The van der Waals surface area contributed by atoms with Gasteiger partial charge in [0.25, 0.3) is 0 Å². The van der Waals surface area contributed by atoms with Gasteiger partial charge in [0.1, 0.15) is 0 Å². The van der Waals surface area contributed by atoms with Crippen LogP contribution in [0, 0.1) is 5.92 Å². The van der Waals surface area contributed by atoms with Gasteiger partial charge in [-0.25, -0.2) is 0 Å². The van der Waals surface area contributed by atoms with Crippen LogP contribution in [0.4, 0.5) is 0 Å². The average molecular weight is 353 g/mol. The van der Waals surface area contributed by atoms with Crippen LogP contribution >= 0.6 is 0 Å².